The smallest absolute Gasteiger partial charge is 0.257 e. The number of amides is 1. The minimum Gasteiger partial charge on any atom is -0.371 e. The second kappa shape index (κ2) is 7.19. The fourth-order valence-corrected chi connectivity index (χ4v) is 3.90. The zero-order chi connectivity index (χ0) is 19.0. The zero-order valence-corrected chi connectivity index (χ0v) is 16.2. The van der Waals surface area contributed by atoms with Crippen LogP contribution in [0.5, 0.6) is 0 Å². The summed E-state index contributed by atoms with van der Waals surface area (Å²) in [5.74, 6) is 0.293. The zero-order valence-electron chi connectivity index (χ0n) is 15.4. The number of aryl methyl sites for hydroxylation is 2. The average Bonchev–Trinajstić information content (AvgIpc) is 3.25. The number of fused-ring (bicyclic) bond motifs is 1. The van der Waals surface area contributed by atoms with Crippen molar-refractivity contribution < 1.29 is 4.79 Å². The number of benzene rings is 1. The van der Waals surface area contributed by atoms with Crippen LogP contribution < -0.4 is 10.2 Å². The molecule has 1 aromatic carbocycles. The second-order valence-corrected chi connectivity index (χ2v) is 7.53. The fraction of sp³-hybridized carbons (Fsp3) is 0.350. The Morgan fingerprint density at radius 3 is 3.07 bits per heavy atom. The van der Waals surface area contributed by atoms with E-state index >= 15 is 0 Å². The van der Waals surface area contributed by atoms with Gasteiger partial charge in [-0.05, 0) is 49.9 Å². The third kappa shape index (κ3) is 3.49. The SMILES string of the molecule is Cc1ccc(Cl)cc1N1CCC(CNC(=O)c2c(C)nn3cccnc23)C1. The van der Waals surface area contributed by atoms with Gasteiger partial charge in [-0.15, -0.1) is 0 Å². The molecular weight excluding hydrogens is 362 g/mol. The number of hydrogen-bond acceptors (Lipinski definition) is 4. The van der Waals surface area contributed by atoms with E-state index in [1.54, 1.807) is 23.0 Å². The highest BCUT2D eigenvalue weighted by atomic mass is 35.5. The molecule has 1 atom stereocenters. The van der Waals surface area contributed by atoms with Crippen LogP contribution in [0, 0.1) is 19.8 Å². The van der Waals surface area contributed by atoms with E-state index in [1.807, 2.05) is 25.1 Å². The summed E-state index contributed by atoms with van der Waals surface area (Å²) >= 11 is 6.16. The first-order chi connectivity index (χ1) is 13.0. The summed E-state index contributed by atoms with van der Waals surface area (Å²) in [6.07, 6.45) is 4.52. The number of nitrogens with zero attached hydrogens (tertiary/aromatic N) is 4. The predicted molar refractivity (Wildman–Crippen MR) is 107 cm³/mol. The Hall–Kier alpha value is -2.60. The highest BCUT2D eigenvalue weighted by Crippen LogP contribution is 2.29. The van der Waals surface area contributed by atoms with Crippen LogP contribution in [-0.4, -0.2) is 40.1 Å². The molecule has 0 saturated carbocycles. The van der Waals surface area contributed by atoms with Gasteiger partial charge in [-0.1, -0.05) is 17.7 Å². The highest BCUT2D eigenvalue weighted by molar-refractivity contribution is 6.30. The largest absolute Gasteiger partial charge is 0.371 e. The van der Waals surface area contributed by atoms with Gasteiger partial charge >= 0.3 is 0 Å². The molecule has 1 saturated heterocycles. The first-order valence-electron chi connectivity index (χ1n) is 9.12. The van der Waals surface area contributed by atoms with Crippen molar-refractivity contribution in [1.82, 2.24) is 19.9 Å². The summed E-state index contributed by atoms with van der Waals surface area (Å²) in [5.41, 5.74) is 4.23. The molecular formula is C20H22ClN5O. The maximum atomic E-state index is 12.7. The number of carbonyl (C=O) groups excluding carboxylic acids is 1. The topological polar surface area (TPSA) is 62.5 Å². The van der Waals surface area contributed by atoms with Crippen molar-refractivity contribution in [3.63, 3.8) is 0 Å². The lowest BCUT2D eigenvalue weighted by Crippen LogP contribution is -2.31. The molecule has 0 bridgehead atoms. The Kier molecular flexibility index (Phi) is 4.74. The number of nitrogens with one attached hydrogen (secondary N) is 1. The van der Waals surface area contributed by atoms with Gasteiger partial charge in [-0.2, -0.15) is 5.10 Å². The Labute approximate surface area is 163 Å². The van der Waals surface area contributed by atoms with Gasteiger partial charge in [-0.25, -0.2) is 9.50 Å². The summed E-state index contributed by atoms with van der Waals surface area (Å²) in [4.78, 5) is 19.4. The van der Waals surface area contributed by atoms with Crippen LogP contribution in [0.2, 0.25) is 5.02 Å². The molecule has 140 valence electrons. The van der Waals surface area contributed by atoms with Crippen LogP contribution in [0.25, 0.3) is 5.65 Å². The molecule has 6 nitrogen and oxygen atoms in total. The summed E-state index contributed by atoms with van der Waals surface area (Å²) in [7, 11) is 0. The average molecular weight is 384 g/mol. The third-order valence-corrected chi connectivity index (χ3v) is 5.38. The van der Waals surface area contributed by atoms with E-state index in [0.29, 0.717) is 29.4 Å². The van der Waals surface area contributed by atoms with Crippen LogP contribution in [0.3, 0.4) is 0 Å². The quantitative estimate of drug-likeness (QED) is 0.751. The highest BCUT2D eigenvalue weighted by Gasteiger charge is 2.25. The lowest BCUT2D eigenvalue weighted by molar-refractivity contribution is 0.0949. The second-order valence-electron chi connectivity index (χ2n) is 7.09. The van der Waals surface area contributed by atoms with Crippen molar-refractivity contribution in [3.8, 4) is 0 Å². The minimum absolute atomic E-state index is 0.112. The first-order valence-corrected chi connectivity index (χ1v) is 9.50. The monoisotopic (exact) mass is 383 g/mol. The number of rotatable bonds is 4. The molecule has 0 radical (unpaired) electrons. The van der Waals surface area contributed by atoms with Gasteiger partial charge in [0.15, 0.2) is 5.65 Å². The fourth-order valence-electron chi connectivity index (χ4n) is 3.73. The number of aromatic nitrogens is 3. The van der Waals surface area contributed by atoms with E-state index in [1.165, 1.54) is 11.3 Å². The van der Waals surface area contributed by atoms with Crippen LogP contribution in [-0.2, 0) is 0 Å². The molecule has 4 rings (SSSR count). The summed E-state index contributed by atoms with van der Waals surface area (Å²) < 4.78 is 1.64. The van der Waals surface area contributed by atoms with Crippen LogP contribution in [0.4, 0.5) is 5.69 Å². The number of halogens is 1. The van der Waals surface area contributed by atoms with Crippen LogP contribution >= 0.6 is 11.6 Å². The van der Waals surface area contributed by atoms with Gasteiger partial charge in [0.05, 0.1) is 5.69 Å². The number of hydrogen-bond donors (Lipinski definition) is 1. The molecule has 1 aliphatic rings. The van der Waals surface area contributed by atoms with Crippen molar-refractivity contribution in [1.29, 1.82) is 0 Å². The molecule has 27 heavy (non-hydrogen) atoms. The van der Waals surface area contributed by atoms with Crippen molar-refractivity contribution >= 4 is 28.8 Å². The van der Waals surface area contributed by atoms with Gasteiger partial charge < -0.3 is 10.2 Å². The molecule has 1 amide bonds. The molecule has 0 spiro atoms. The number of carbonyl (C=O) groups is 1. The third-order valence-electron chi connectivity index (χ3n) is 5.15. The van der Waals surface area contributed by atoms with Gasteiger partial charge in [0.25, 0.3) is 5.91 Å². The summed E-state index contributed by atoms with van der Waals surface area (Å²) in [6.45, 7) is 6.45. The molecule has 1 fully saturated rings. The maximum Gasteiger partial charge on any atom is 0.257 e. The van der Waals surface area contributed by atoms with E-state index in [-0.39, 0.29) is 5.91 Å². The lowest BCUT2D eigenvalue weighted by Gasteiger charge is -2.21. The van der Waals surface area contributed by atoms with Crippen molar-refractivity contribution in [2.45, 2.75) is 20.3 Å². The Morgan fingerprint density at radius 1 is 1.37 bits per heavy atom. The molecule has 1 N–H and O–H groups in total. The Morgan fingerprint density at radius 2 is 2.22 bits per heavy atom. The van der Waals surface area contributed by atoms with E-state index < -0.39 is 0 Å². The minimum atomic E-state index is -0.112. The van der Waals surface area contributed by atoms with Crippen LogP contribution in [0.15, 0.2) is 36.7 Å². The van der Waals surface area contributed by atoms with Gasteiger partial charge in [0.2, 0.25) is 0 Å². The van der Waals surface area contributed by atoms with Gasteiger partial charge in [-0.3, -0.25) is 4.79 Å². The normalized spacial score (nSPS) is 16.9. The van der Waals surface area contributed by atoms with Crippen molar-refractivity contribution in [2.75, 3.05) is 24.5 Å². The summed E-state index contributed by atoms with van der Waals surface area (Å²) in [5, 5.41) is 8.18. The molecule has 2 aromatic heterocycles. The maximum absolute atomic E-state index is 12.7. The van der Waals surface area contributed by atoms with E-state index in [4.69, 9.17) is 11.6 Å². The van der Waals surface area contributed by atoms with Crippen molar-refractivity contribution in [2.24, 2.45) is 5.92 Å². The van der Waals surface area contributed by atoms with Gasteiger partial charge in [0.1, 0.15) is 5.56 Å². The Balaban J connectivity index is 1.41. The Bertz CT molecular complexity index is 999. The van der Waals surface area contributed by atoms with E-state index in [0.717, 1.165) is 24.5 Å². The summed E-state index contributed by atoms with van der Waals surface area (Å²) in [6, 6.07) is 7.78. The molecule has 1 aliphatic heterocycles. The molecule has 3 heterocycles. The van der Waals surface area contributed by atoms with E-state index in [9.17, 15) is 4.79 Å². The standard InChI is InChI=1S/C20H22ClN5O/c1-13-4-5-16(21)10-17(13)25-9-6-15(12-25)11-23-20(27)18-14(2)24-26-8-3-7-22-19(18)26/h3-5,7-8,10,15H,6,9,11-12H2,1-2H3,(H,23,27). The molecule has 3 aromatic rings. The lowest BCUT2D eigenvalue weighted by atomic mass is 10.1. The molecule has 7 heteroatoms. The van der Waals surface area contributed by atoms with Crippen molar-refractivity contribution in [3.05, 3.63) is 58.5 Å². The molecule has 0 aliphatic carbocycles. The van der Waals surface area contributed by atoms with Gasteiger partial charge in [0, 0.05) is 42.7 Å². The van der Waals surface area contributed by atoms with Crippen LogP contribution in [0.1, 0.15) is 28.0 Å². The molecule has 1 unspecified atom stereocenters. The van der Waals surface area contributed by atoms with E-state index in [2.05, 4.69) is 27.2 Å². The number of anilines is 1. The predicted octanol–water partition coefficient (Wildman–Crippen LogP) is 3.26. The first kappa shape index (κ1) is 17.8.